The summed E-state index contributed by atoms with van der Waals surface area (Å²) in [6.07, 6.45) is 1.42. The summed E-state index contributed by atoms with van der Waals surface area (Å²) in [5.74, 6) is -1.87. The van der Waals surface area contributed by atoms with Gasteiger partial charge in [-0.3, -0.25) is 9.59 Å². The number of carbonyl (C=O) groups excluding carboxylic acids is 1. The number of rotatable bonds is 6. The van der Waals surface area contributed by atoms with Crippen molar-refractivity contribution < 1.29 is 19.1 Å². The predicted octanol–water partition coefficient (Wildman–Crippen LogP) is 3.18. The van der Waals surface area contributed by atoms with Crippen molar-refractivity contribution in [3.05, 3.63) is 82.9 Å². The zero-order chi connectivity index (χ0) is 22.8. The fraction of sp³-hybridized carbons (Fsp3) is 0.130. The minimum atomic E-state index is -1.01. The summed E-state index contributed by atoms with van der Waals surface area (Å²) >= 11 is 0. The number of nitrogens with zero attached hydrogens (tertiary/aromatic N) is 3. The molecule has 0 bridgehead atoms. The van der Waals surface area contributed by atoms with Gasteiger partial charge in [0.1, 0.15) is 5.82 Å². The molecule has 0 saturated heterocycles. The molecule has 162 valence electrons. The normalized spacial score (nSPS) is 11.0. The smallest absolute Gasteiger partial charge is 0.307 e. The number of carboxylic acids is 1. The molecule has 0 aliphatic carbocycles. The van der Waals surface area contributed by atoms with Crippen molar-refractivity contribution in [1.82, 2.24) is 14.6 Å². The number of carboxylic acid groups (broad SMARTS) is 1. The number of anilines is 1. The SMILES string of the molecule is Cc1ccc(CC(=O)O)c(NC(=O)c2nc(-c3cc(F)cc(CN)c3)nn3cccc23)c1. The van der Waals surface area contributed by atoms with E-state index in [2.05, 4.69) is 15.4 Å². The Balaban J connectivity index is 1.78. The first-order chi connectivity index (χ1) is 15.3. The van der Waals surface area contributed by atoms with E-state index >= 15 is 0 Å². The number of benzene rings is 2. The predicted molar refractivity (Wildman–Crippen MR) is 117 cm³/mol. The molecule has 0 aliphatic heterocycles. The van der Waals surface area contributed by atoms with Crippen molar-refractivity contribution >= 4 is 23.1 Å². The third-order valence-electron chi connectivity index (χ3n) is 4.91. The number of fused-ring (bicyclic) bond motifs is 1. The van der Waals surface area contributed by atoms with Gasteiger partial charge >= 0.3 is 5.97 Å². The lowest BCUT2D eigenvalue weighted by molar-refractivity contribution is -0.136. The first kappa shape index (κ1) is 21.1. The van der Waals surface area contributed by atoms with Gasteiger partial charge < -0.3 is 16.2 Å². The van der Waals surface area contributed by atoms with Crippen molar-refractivity contribution in [2.75, 3.05) is 5.32 Å². The molecule has 0 aliphatic rings. The molecular weight excluding hydrogens is 413 g/mol. The Morgan fingerprint density at radius 2 is 2.00 bits per heavy atom. The minimum Gasteiger partial charge on any atom is -0.481 e. The quantitative estimate of drug-likeness (QED) is 0.429. The molecule has 2 aromatic carbocycles. The summed E-state index contributed by atoms with van der Waals surface area (Å²) in [7, 11) is 0. The Bertz CT molecular complexity index is 1350. The average molecular weight is 433 g/mol. The van der Waals surface area contributed by atoms with Gasteiger partial charge in [-0.2, -0.15) is 0 Å². The van der Waals surface area contributed by atoms with Gasteiger partial charge in [0.05, 0.1) is 11.9 Å². The molecule has 1 amide bonds. The third-order valence-corrected chi connectivity index (χ3v) is 4.91. The summed E-state index contributed by atoms with van der Waals surface area (Å²) in [5.41, 5.74) is 8.84. The van der Waals surface area contributed by atoms with E-state index in [0.29, 0.717) is 27.9 Å². The van der Waals surface area contributed by atoms with Crippen molar-refractivity contribution in [2.45, 2.75) is 19.9 Å². The molecule has 0 saturated carbocycles. The topological polar surface area (TPSA) is 123 Å². The first-order valence-corrected chi connectivity index (χ1v) is 9.82. The number of aromatic nitrogens is 3. The van der Waals surface area contributed by atoms with Crippen LogP contribution in [0.5, 0.6) is 0 Å². The Morgan fingerprint density at radius 1 is 1.19 bits per heavy atom. The first-order valence-electron chi connectivity index (χ1n) is 9.82. The molecule has 0 radical (unpaired) electrons. The molecular formula is C23H20FN5O3. The molecule has 0 spiro atoms. The van der Waals surface area contributed by atoms with E-state index < -0.39 is 17.7 Å². The van der Waals surface area contributed by atoms with Crippen LogP contribution in [0.15, 0.2) is 54.7 Å². The monoisotopic (exact) mass is 433 g/mol. The van der Waals surface area contributed by atoms with E-state index in [1.807, 2.05) is 6.92 Å². The van der Waals surface area contributed by atoms with Crippen LogP contribution in [0.4, 0.5) is 10.1 Å². The lowest BCUT2D eigenvalue weighted by Crippen LogP contribution is -2.18. The fourth-order valence-electron chi connectivity index (χ4n) is 3.43. The Kier molecular flexibility index (Phi) is 5.65. The molecule has 0 fully saturated rings. The molecule has 4 N–H and O–H groups in total. The van der Waals surface area contributed by atoms with Crippen LogP contribution >= 0.6 is 0 Å². The Hall–Kier alpha value is -4.11. The number of amides is 1. The molecule has 0 atom stereocenters. The standard InChI is InChI=1S/C23H20FN5O3/c1-13-4-5-15(11-20(30)31)18(7-13)26-23(32)21-19-3-2-6-29(19)28-22(27-21)16-8-14(12-25)9-17(24)10-16/h2-10H,11-12,25H2,1H3,(H,26,32)(H,30,31). The van der Waals surface area contributed by atoms with Gasteiger partial charge in [0.15, 0.2) is 11.5 Å². The zero-order valence-corrected chi connectivity index (χ0v) is 17.2. The van der Waals surface area contributed by atoms with Crippen molar-refractivity contribution in [2.24, 2.45) is 5.73 Å². The van der Waals surface area contributed by atoms with E-state index in [9.17, 15) is 19.1 Å². The highest BCUT2D eigenvalue weighted by Crippen LogP contribution is 2.23. The molecule has 0 unspecified atom stereocenters. The van der Waals surface area contributed by atoms with Crippen LogP contribution in [-0.4, -0.2) is 31.6 Å². The van der Waals surface area contributed by atoms with Crippen LogP contribution in [0.25, 0.3) is 16.9 Å². The molecule has 2 heterocycles. The summed E-state index contributed by atoms with van der Waals surface area (Å²) in [5, 5.41) is 16.3. The van der Waals surface area contributed by atoms with Gasteiger partial charge in [0, 0.05) is 24.0 Å². The molecule has 8 nitrogen and oxygen atoms in total. The molecule has 2 aromatic heterocycles. The van der Waals surface area contributed by atoms with E-state index in [1.165, 1.54) is 16.6 Å². The zero-order valence-electron chi connectivity index (χ0n) is 17.2. The maximum absolute atomic E-state index is 14.0. The van der Waals surface area contributed by atoms with Crippen molar-refractivity contribution in [3.8, 4) is 11.4 Å². The Labute approximate surface area is 182 Å². The average Bonchev–Trinajstić information content (AvgIpc) is 3.23. The van der Waals surface area contributed by atoms with Crippen LogP contribution in [-0.2, 0) is 17.8 Å². The van der Waals surface area contributed by atoms with Gasteiger partial charge in [0.2, 0.25) is 0 Å². The highest BCUT2D eigenvalue weighted by Gasteiger charge is 2.19. The number of aryl methyl sites for hydroxylation is 1. The second-order valence-electron chi connectivity index (χ2n) is 7.36. The number of aliphatic carboxylic acids is 1. The number of nitrogens with two attached hydrogens (primary N) is 1. The highest BCUT2D eigenvalue weighted by molar-refractivity contribution is 6.08. The van der Waals surface area contributed by atoms with Gasteiger partial charge in [-0.1, -0.05) is 12.1 Å². The van der Waals surface area contributed by atoms with Crippen LogP contribution in [0, 0.1) is 12.7 Å². The largest absolute Gasteiger partial charge is 0.481 e. The molecule has 32 heavy (non-hydrogen) atoms. The van der Waals surface area contributed by atoms with Crippen molar-refractivity contribution in [1.29, 1.82) is 0 Å². The van der Waals surface area contributed by atoms with Crippen LogP contribution < -0.4 is 11.1 Å². The van der Waals surface area contributed by atoms with Crippen molar-refractivity contribution in [3.63, 3.8) is 0 Å². The van der Waals surface area contributed by atoms with E-state index in [4.69, 9.17) is 5.73 Å². The fourth-order valence-corrected chi connectivity index (χ4v) is 3.43. The van der Waals surface area contributed by atoms with E-state index in [1.54, 1.807) is 42.6 Å². The lowest BCUT2D eigenvalue weighted by atomic mass is 10.1. The number of nitrogens with one attached hydrogen (secondary N) is 1. The maximum Gasteiger partial charge on any atom is 0.307 e. The Morgan fingerprint density at radius 3 is 2.75 bits per heavy atom. The second kappa shape index (κ2) is 8.56. The van der Waals surface area contributed by atoms with E-state index in [0.717, 1.165) is 5.56 Å². The third kappa shape index (κ3) is 4.33. The van der Waals surface area contributed by atoms with Crippen LogP contribution in [0.3, 0.4) is 0 Å². The number of halogens is 1. The molecule has 9 heteroatoms. The maximum atomic E-state index is 14.0. The van der Waals surface area contributed by atoms with Gasteiger partial charge in [-0.25, -0.2) is 13.9 Å². The van der Waals surface area contributed by atoms with Crippen LogP contribution in [0.2, 0.25) is 0 Å². The second-order valence-corrected chi connectivity index (χ2v) is 7.36. The number of hydrogen-bond donors (Lipinski definition) is 3. The van der Waals surface area contributed by atoms with Gasteiger partial charge in [0.25, 0.3) is 5.91 Å². The number of hydrogen-bond acceptors (Lipinski definition) is 5. The summed E-state index contributed by atoms with van der Waals surface area (Å²) in [6, 6.07) is 12.8. The summed E-state index contributed by atoms with van der Waals surface area (Å²) in [4.78, 5) is 28.8. The highest BCUT2D eigenvalue weighted by atomic mass is 19.1. The molecule has 4 aromatic rings. The van der Waals surface area contributed by atoms with E-state index in [-0.39, 0.29) is 24.5 Å². The van der Waals surface area contributed by atoms with Gasteiger partial charge in [-0.05, 0) is 60.0 Å². The summed E-state index contributed by atoms with van der Waals surface area (Å²) in [6.45, 7) is 1.98. The molecule has 4 rings (SSSR count). The minimum absolute atomic E-state index is 0.0707. The van der Waals surface area contributed by atoms with Crippen LogP contribution in [0.1, 0.15) is 27.2 Å². The lowest BCUT2D eigenvalue weighted by Gasteiger charge is -2.12. The summed E-state index contributed by atoms with van der Waals surface area (Å²) < 4.78 is 15.5. The number of carbonyl (C=O) groups is 2. The van der Waals surface area contributed by atoms with Gasteiger partial charge in [-0.15, -0.1) is 5.10 Å².